The Morgan fingerprint density at radius 2 is 2.00 bits per heavy atom. The quantitative estimate of drug-likeness (QED) is 0.528. The molecule has 0 aliphatic carbocycles. The van der Waals surface area contributed by atoms with E-state index in [-0.39, 0.29) is 10.2 Å². The van der Waals surface area contributed by atoms with Crippen LogP contribution in [0.15, 0.2) is 15.6 Å². The lowest BCUT2D eigenvalue weighted by molar-refractivity contribution is 0.373. The van der Waals surface area contributed by atoms with Gasteiger partial charge in [-0.1, -0.05) is 0 Å². The fourth-order valence-electron chi connectivity index (χ4n) is 1.05. The number of nitriles is 2. The molecule has 5 nitrogen and oxygen atoms in total. The molecule has 1 rings (SSSR count). The highest BCUT2D eigenvalue weighted by molar-refractivity contribution is 9.10. The van der Waals surface area contributed by atoms with E-state index in [0.717, 1.165) is 7.11 Å². The van der Waals surface area contributed by atoms with Gasteiger partial charge >= 0.3 is 0 Å². The average molecular weight is 315 g/mol. The zero-order valence-electron chi connectivity index (χ0n) is 8.96. The normalized spacial score (nSPS) is 9.00. The first-order valence-electron chi connectivity index (χ1n) is 4.40. The molecule has 92 valence electrons. The number of benzene rings is 1. The molecule has 1 aromatic rings. The Morgan fingerprint density at radius 1 is 1.39 bits per heavy atom. The van der Waals surface area contributed by atoms with Crippen molar-refractivity contribution in [3.8, 4) is 17.9 Å². The molecule has 0 aromatic heterocycles. The first kappa shape index (κ1) is 13.9. The standard InChI is InChI=1S/C10H5BrF2N4O/c1-18-10-7(17-16-5(3-14)4-15)2-6(11)8(12)9(10)13/h2,17H,1H3. The van der Waals surface area contributed by atoms with Crippen LogP contribution in [0.1, 0.15) is 0 Å². The van der Waals surface area contributed by atoms with Gasteiger partial charge in [-0.25, -0.2) is 4.39 Å². The maximum absolute atomic E-state index is 13.5. The minimum absolute atomic E-state index is 0.0220. The summed E-state index contributed by atoms with van der Waals surface area (Å²) in [5.74, 6) is -2.73. The molecule has 0 radical (unpaired) electrons. The number of hydrogen-bond donors (Lipinski definition) is 1. The van der Waals surface area contributed by atoms with Gasteiger partial charge in [0, 0.05) is 0 Å². The fraction of sp³-hybridized carbons (Fsp3) is 0.100. The van der Waals surface area contributed by atoms with Gasteiger partial charge in [-0.15, -0.1) is 0 Å². The lowest BCUT2D eigenvalue weighted by Crippen LogP contribution is -2.02. The summed E-state index contributed by atoms with van der Waals surface area (Å²) in [6, 6.07) is 4.19. The lowest BCUT2D eigenvalue weighted by atomic mass is 10.2. The Labute approximate surface area is 109 Å². The van der Waals surface area contributed by atoms with E-state index >= 15 is 0 Å². The summed E-state index contributed by atoms with van der Waals surface area (Å²) in [5.41, 5.74) is 1.77. The van der Waals surface area contributed by atoms with Gasteiger partial charge in [0.25, 0.3) is 0 Å². The number of methoxy groups -OCH3 is 1. The third-order valence-corrected chi connectivity index (χ3v) is 2.40. The highest BCUT2D eigenvalue weighted by Crippen LogP contribution is 2.34. The molecule has 0 aliphatic heterocycles. The van der Waals surface area contributed by atoms with E-state index in [0.29, 0.717) is 0 Å². The summed E-state index contributed by atoms with van der Waals surface area (Å²) in [6.45, 7) is 0. The van der Waals surface area contributed by atoms with Crippen LogP contribution in [0.3, 0.4) is 0 Å². The van der Waals surface area contributed by atoms with E-state index in [1.54, 1.807) is 0 Å². The van der Waals surface area contributed by atoms with Crippen LogP contribution < -0.4 is 10.2 Å². The maximum atomic E-state index is 13.5. The van der Waals surface area contributed by atoms with Crippen molar-refractivity contribution in [1.29, 1.82) is 10.5 Å². The number of ether oxygens (including phenoxy) is 1. The highest BCUT2D eigenvalue weighted by atomic mass is 79.9. The van der Waals surface area contributed by atoms with Crippen LogP contribution >= 0.6 is 15.9 Å². The van der Waals surface area contributed by atoms with Gasteiger partial charge in [0.05, 0.1) is 11.6 Å². The van der Waals surface area contributed by atoms with E-state index in [4.69, 9.17) is 10.5 Å². The summed E-state index contributed by atoms with van der Waals surface area (Å²) in [4.78, 5) is 0. The van der Waals surface area contributed by atoms with Crippen LogP contribution in [0.2, 0.25) is 0 Å². The number of hydrogen-bond acceptors (Lipinski definition) is 5. The largest absolute Gasteiger partial charge is 0.491 e. The van der Waals surface area contributed by atoms with Crippen LogP contribution in [-0.2, 0) is 0 Å². The maximum Gasteiger partial charge on any atom is 0.237 e. The molecule has 1 N–H and O–H groups in total. The molecule has 0 fully saturated rings. The Hall–Kier alpha value is -2.19. The van der Waals surface area contributed by atoms with E-state index in [1.165, 1.54) is 18.2 Å². The SMILES string of the molecule is COc1c(NN=C(C#N)C#N)cc(Br)c(F)c1F. The number of nitrogens with one attached hydrogen (secondary N) is 1. The lowest BCUT2D eigenvalue weighted by Gasteiger charge is -2.10. The van der Waals surface area contributed by atoms with Gasteiger partial charge in [-0.3, -0.25) is 5.43 Å². The van der Waals surface area contributed by atoms with Crippen molar-refractivity contribution < 1.29 is 13.5 Å². The molecule has 1 aromatic carbocycles. The summed E-state index contributed by atoms with van der Waals surface area (Å²) in [7, 11) is 1.15. The Morgan fingerprint density at radius 3 is 2.50 bits per heavy atom. The molecule has 0 saturated heterocycles. The molecule has 0 heterocycles. The van der Waals surface area contributed by atoms with Crippen molar-refractivity contribution in [2.75, 3.05) is 12.5 Å². The third kappa shape index (κ3) is 2.73. The molecular weight excluding hydrogens is 310 g/mol. The summed E-state index contributed by atoms with van der Waals surface area (Å²) < 4.78 is 31.2. The van der Waals surface area contributed by atoms with Gasteiger partial charge in [0.15, 0.2) is 11.6 Å². The molecule has 0 unspecified atom stereocenters. The molecule has 18 heavy (non-hydrogen) atoms. The molecular formula is C10H5BrF2N4O. The van der Waals surface area contributed by atoms with Crippen LogP contribution in [-0.4, -0.2) is 12.8 Å². The fourth-order valence-corrected chi connectivity index (χ4v) is 1.46. The van der Waals surface area contributed by atoms with Gasteiger partial charge in [0.2, 0.25) is 11.5 Å². The second kappa shape index (κ2) is 5.94. The van der Waals surface area contributed by atoms with Crippen molar-refractivity contribution in [3.05, 3.63) is 22.2 Å². The van der Waals surface area contributed by atoms with Gasteiger partial charge in [0.1, 0.15) is 17.8 Å². The second-order valence-corrected chi connectivity index (χ2v) is 3.72. The van der Waals surface area contributed by atoms with Gasteiger partial charge in [-0.2, -0.15) is 20.0 Å². The number of anilines is 1. The van der Waals surface area contributed by atoms with Gasteiger partial charge in [-0.05, 0) is 22.0 Å². The van der Waals surface area contributed by atoms with Crippen LogP contribution in [0.5, 0.6) is 5.75 Å². The smallest absolute Gasteiger partial charge is 0.237 e. The summed E-state index contributed by atoms with van der Waals surface area (Å²) in [6.07, 6.45) is 0. The first-order chi connectivity index (χ1) is 8.54. The summed E-state index contributed by atoms with van der Waals surface area (Å²) >= 11 is 2.81. The average Bonchev–Trinajstić information content (AvgIpc) is 2.37. The molecule has 0 amide bonds. The van der Waals surface area contributed by atoms with Crippen molar-refractivity contribution in [3.63, 3.8) is 0 Å². The molecule has 8 heteroatoms. The van der Waals surface area contributed by atoms with Gasteiger partial charge < -0.3 is 4.74 Å². The molecule has 0 spiro atoms. The van der Waals surface area contributed by atoms with Crippen molar-refractivity contribution in [2.24, 2.45) is 5.10 Å². The van der Waals surface area contributed by atoms with Crippen molar-refractivity contribution in [2.45, 2.75) is 0 Å². The number of rotatable bonds is 3. The predicted octanol–water partition coefficient (Wildman–Crippen LogP) is 2.55. The zero-order valence-corrected chi connectivity index (χ0v) is 10.5. The van der Waals surface area contributed by atoms with E-state index in [2.05, 4.69) is 31.2 Å². The Kier molecular flexibility index (Phi) is 4.58. The second-order valence-electron chi connectivity index (χ2n) is 2.86. The summed E-state index contributed by atoms with van der Waals surface area (Å²) in [5, 5.41) is 20.3. The van der Waals surface area contributed by atoms with E-state index in [1.807, 2.05) is 0 Å². The third-order valence-electron chi connectivity index (χ3n) is 1.82. The first-order valence-corrected chi connectivity index (χ1v) is 5.19. The number of nitrogens with zero attached hydrogens (tertiary/aromatic N) is 3. The van der Waals surface area contributed by atoms with Crippen molar-refractivity contribution in [1.82, 2.24) is 0 Å². The number of halogens is 3. The van der Waals surface area contributed by atoms with Crippen LogP contribution in [0.4, 0.5) is 14.5 Å². The minimum atomic E-state index is -1.21. The zero-order chi connectivity index (χ0) is 13.7. The molecule has 0 aliphatic rings. The molecule has 0 bridgehead atoms. The predicted molar refractivity (Wildman–Crippen MR) is 62.9 cm³/mol. The number of hydrazone groups is 1. The minimum Gasteiger partial charge on any atom is -0.491 e. The van der Waals surface area contributed by atoms with Crippen LogP contribution in [0, 0.1) is 34.3 Å². The topological polar surface area (TPSA) is 81.2 Å². The molecule has 0 atom stereocenters. The van der Waals surface area contributed by atoms with E-state index < -0.39 is 23.1 Å². The molecule has 0 saturated carbocycles. The van der Waals surface area contributed by atoms with Crippen LogP contribution in [0.25, 0.3) is 0 Å². The Balaban J connectivity index is 3.23. The highest BCUT2D eigenvalue weighted by Gasteiger charge is 2.18. The monoisotopic (exact) mass is 314 g/mol. The van der Waals surface area contributed by atoms with E-state index in [9.17, 15) is 8.78 Å². The Bertz CT molecular complexity index is 573. The van der Waals surface area contributed by atoms with Crippen molar-refractivity contribution >= 4 is 27.3 Å².